The number of hydrogen-bond acceptors (Lipinski definition) is 5. The SMILES string of the molecule is CCNC(=NCC(C)C(=O)OC)NCC(c1ccco1)N1CCCCC1.I. The zero-order valence-electron chi connectivity index (χ0n) is 16.6. The lowest BCUT2D eigenvalue weighted by atomic mass is 10.1. The predicted octanol–water partition coefficient (Wildman–Crippen LogP) is 2.79. The number of rotatable bonds is 8. The predicted molar refractivity (Wildman–Crippen MR) is 117 cm³/mol. The first-order valence-electron chi connectivity index (χ1n) is 9.53. The molecule has 1 saturated heterocycles. The largest absolute Gasteiger partial charge is 0.469 e. The summed E-state index contributed by atoms with van der Waals surface area (Å²) in [5.41, 5.74) is 0. The maximum absolute atomic E-state index is 11.6. The van der Waals surface area contributed by atoms with Crippen LogP contribution in [0.5, 0.6) is 0 Å². The highest BCUT2D eigenvalue weighted by molar-refractivity contribution is 14.0. The summed E-state index contributed by atoms with van der Waals surface area (Å²) in [6.45, 7) is 7.85. The smallest absolute Gasteiger partial charge is 0.310 e. The molecule has 7 nitrogen and oxygen atoms in total. The lowest BCUT2D eigenvalue weighted by Gasteiger charge is -2.33. The van der Waals surface area contributed by atoms with Crippen LogP contribution in [0.2, 0.25) is 0 Å². The second-order valence-electron chi connectivity index (χ2n) is 6.65. The molecule has 0 aromatic carbocycles. The van der Waals surface area contributed by atoms with Crippen molar-refractivity contribution in [2.45, 2.75) is 39.2 Å². The molecule has 0 amide bonds. The van der Waals surface area contributed by atoms with E-state index >= 15 is 0 Å². The molecule has 8 heteroatoms. The van der Waals surface area contributed by atoms with Gasteiger partial charge in [0.05, 0.1) is 31.9 Å². The van der Waals surface area contributed by atoms with Gasteiger partial charge < -0.3 is 19.8 Å². The van der Waals surface area contributed by atoms with Crippen molar-refractivity contribution in [3.05, 3.63) is 24.2 Å². The van der Waals surface area contributed by atoms with E-state index in [0.717, 1.165) is 25.4 Å². The zero-order chi connectivity index (χ0) is 18.8. The highest BCUT2D eigenvalue weighted by Crippen LogP contribution is 2.24. The van der Waals surface area contributed by atoms with E-state index in [0.29, 0.717) is 19.0 Å². The Morgan fingerprint density at radius 3 is 2.67 bits per heavy atom. The Labute approximate surface area is 179 Å². The van der Waals surface area contributed by atoms with Crippen LogP contribution in [0.1, 0.15) is 44.9 Å². The third kappa shape index (κ3) is 7.69. The molecule has 1 aromatic heterocycles. The van der Waals surface area contributed by atoms with Gasteiger partial charge in [-0.15, -0.1) is 24.0 Å². The van der Waals surface area contributed by atoms with Gasteiger partial charge >= 0.3 is 5.97 Å². The Morgan fingerprint density at radius 1 is 1.33 bits per heavy atom. The van der Waals surface area contributed by atoms with Crippen LogP contribution >= 0.6 is 24.0 Å². The lowest BCUT2D eigenvalue weighted by Crippen LogP contribution is -2.44. The summed E-state index contributed by atoms with van der Waals surface area (Å²) >= 11 is 0. The van der Waals surface area contributed by atoms with Crippen molar-refractivity contribution in [1.29, 1.82) is 0 Å². The van der Waals surface area contributed by atoms with Gasteiger partial charge in [0.1, 0.15) is 5.76 Å². The first-order chi connectivity index (χ1) is 12.7. The van der Waals surface area contributed by atoms with Crippen molar-refractivity contribution in [2.24, 2.45) is 10.9 Å². The summed E-state index contributed by atoms with van der Waals surface area (Å²) < 4.78 is 10.4. The Hall–Kier alpha value is -1.29. The number of piperidine rings is 1. The standard InChI is InChI=1S/C19H32N4O3.HI/c1-4-20-19(21-13-15(2)18(24)25-3)22-14-16(17-9-8-12-26-17)23-10-6-5-7-11-23;/h8-9,12,15-16H,4-7,10-11,13-14H2,1-3H3,(H2,20,21,22);1H. The van der Waals surface area contributed by atoms with E-state index in [-0.39, 0.29) is 41.9 Å². The Kier molecular flexibility index (Phi) is 11.4. The number of hydrogen-bond donors (Lipinski definition) is 2. The molecular weight excluding hydrogens is 459 g/mol. The molecule has 1 aliphatic rings. The molecule has 1 aliphatic heterocycles. The number of nitrogens with zero attached hydrogens (tertiary/aromatic N) is 2. The maximum Gasteiger partial charge on any atom is 0.310 e. The quantitative estimate of drug-likeness (QED) is 0.252. The third-order valence-electron chi connectivity index (χ3n) is 4.64. The number of carbonyl (C=O) groups excluding carboxylic acids is 1. The summed E-state index contributed by atoms with van der Waals surface area (Å²) in [5, 5.41) is 6.64. The van der Waals surface area contributed by atoms with E-state index in [2.05, 4.69) is 20.5 Å². The van der Waals surface area contributed by atoms with Gasteiger partial charge in [-0.25, -0.2) is 0 Å². The number of aliphatic imine (C=N–C) groups is 1. The van der Waals surface area contributed by atoms with Gasteiger partial charge in [0, 0.05) is 13.1 Å². The van der Waals surface area contributed by atoms with Crippen molar-refractivity contribution in [2.75, 3.05) is 39.8 Å². The molecular formula is C19H33IN4O3. The topological polar surface area (TPSA) is 79.1 Å². The van der Waals surface area contributed by atoms with Crippen LogP contribution in [0.4, 0.5) is 0 Å². The molecule has 0 aliphatic carbocycles. The minimum Gasteiger partial charge on any atom is -0.469 e. The fraction of sp³-hybridized carbons (Fsp3) is 0.684. The number of halogens is 1. The minimum absolute atomic E-state index is 0. The molecule has 1 aromatic rings. The Bertz CT molecular complexity index is 559. The summed E-state index contributed by atoms with van der Waals surface area (Å²) in [7, 11) is 1.40. The fourth-order valence-electron chi connectivity index (χ4n) is 3.16. The normalized spacial score (nSPS) is 17.5. The number of guanidine groups is 1. The van der Waals surface area contributed by atoms with E-state index in [4.69, 9.17) is 9.15 Å². The molecule has 2 rings (SSSR count). The van der Waals surface area contributed by atoms with E-state index < -0.39 is 0 Å². The molecule has 2 atom stereocenters. The monoisotopic (exact) mass is 492 g/mol. The van der Waals surface area contributed by atoms with Gasteiger partial charge in [-0.1, -0.05) is 13.3 Å². The molecule has 0 saturated carbocycles. The number of likely N-dealkylation sites (tertiary alicyclic amines) is 1. The fourth-order valence-corrected chi connectivity index (χ4v) is 3.16. The van der Waals surface area contributed by atoms with Gasteiger partial charge in [-0.2, -0.15) is 0 Å². The van der Waals surface area contributed by atoms with Crippen LogP contribution in [0.15, 0.2) is 27.8 Å². The molecule has 0 radical (unpaired) electrons. The van der Waals surface area contributed by atoms with Crippen molar-refractivity contribution in [3.8, 4) is 0 Å². The number of methoxy groups -OCH3 is 1. The van der Waals surface area contributed by atoms with Crippen LogP contribution in [0.3, 0.4) is 0 Å². The molecule has 154 valence electrons. The molecule has 0 bridgehead atoms. The van der Waals surface area contributed by atoms with Gasteiger partial charge in [0.2, 0.25) is 0 Å². The number of esters is 1. The first-order valence-corrected chi connectivity index (χ1v) is 9.53. The number of furan rings is 1. The summed E-state index contributed by atoms with van der Waals surface area (Å²) in [6, 6.07) is 4.14. The van der Waals surface area contributed by atoms with E-state index in [9.17, 15) is 4.79 Å². The Balaban J connectivity index is 0.00000364. The lowest BCUT2D eigenvalue weighted by molar-refractivity contribution is -0.144. The second kappa shape index (κ2) is 13.0. The molecule has 27 heavy (non-hydrogen) atoms. The summed E-state index contributed by atoms with van der Waals surface area (Å²) in [5.74, 6) is 1.17. The van der Waals surface area contributed by atoms with Crippen molar-refractivity contribution in [1.82, 2.24) is 15.5 Å². The zero-order valence-corrected chi connectivity index (χ0v) is 18.9. The van der Waals surface area contributed by atoms with Crippen molar-refractivity contribution < 1.29 is 13.9 Å². The second-order valence-corrected chi connectivity index (χ2v) is 6.65. The van der Waals surface area contributed by atoms with Crippen LogP contribution in [-0.4, -0.2) is 56.7 Å². The molecule has 2 N–H and O–H groups in total. The highest BCUT2D eigenvalue weighted by atomic mass is 127. The summed E-state index contributed by atoms with van der Waals surface area (Å²) in [6.07, 6.45) is 5.47. The molecule has 0 spiro atoms. The van der Waals surface area contributed by atoms with Crippen LogP contribution in [0.25, 0.3) is 0 Å². The average molecular weight is 492 g/mol. The molecule has 1 fully saturated rings. The molecule has 2 heterocycles. The van der Waals surface area contributed by atoms with Gasteiger partial charge in [0.15, 0.2) is 5.96 Å². The Morgan fingerprint density at radius 2 is 2.07 bits per heavy atom. The van der Waals surface area contributed by atoms with Crippen LogP contribution in [-0.2, 0) is 9.53 Å². The maximum atomic E-state index is 11.6. The van der Waals surface area contributed by atoms with Crippen molar-refractivity contribution >= 4 is 35.9 Å². The average Bonchev–Trinajstić information content (AvgIpc) is 3.20. The van der Waals surface area contributed by atoms with Crippen LogP contribution in [0, 0.1) is 5.92 Å². The molecule has 2 unspecified atom stereocenters. The van der Waals surface area contributed by atoms with Gasteiger partial charge in [-0.05, 0) is 45.0 Å². The van der Waals surface area contributed by atoms with Crippen LogP contribution < -0.4 is 10.6 Å². The number of ether oxygens (including phenoxy) is 1. The third-order valence-corrected chi connectivity index (χ3v) is 4.64. The summed E-state index contributed by atoms with van der Waals surface area (Å²) in [4.78, 5) is 18.6. The highest BCUT2D eigenvalue weighted by Gasteiger charge is 2.24. The first kappa shape index (κ1) is 23.7. The minimum atomic E-state index is -0.265. The van der Waals surface area contributed by atoms with E-state index in [1.54, 1.807) is 6.26 Å². The number of nitrogens with one attached hydrogen (secondary N) is 2. The number of carbonyl (C=O) groups is 1. The van der Waals surface area contributed by atoms with Crippen molar-refractivity contribution in [3.63, 3.8) is 0 Å². The van der Waals surface area contributed by atoms with Gasteiger partial charge in [-0.3, -0.25) is 14.7 Å². The van der Waals surface area contributed by atoms with Gasteiger partial charge in [0.25, 0.3) is 0 Å². The van der Waals surface area contributed by atoms with E-state index in [1.165, 1.54) is 26.4 Å². The van der Waals surface area contributed by atoms with E-state index in [1.807, 2.05) is 26.0 Å².